The van der Waals surface area contributed by atoms with Crippen molar-refractivity contribution in [3.8, 4) is 11.5 Å². The Balaban J connectivity index is 1.53. The molecule has 0 amide bonds. The molecule has 0 saturated heterocycles. The number of halogens is 1. The van der Waals surface area contributed by atoms with E-state index in [0.29, 0.717) is 0 Å². The van der Waals surface area contributed by atoms with Gasteiger partial charge in [0.2, 0.25) is 5.69 Å². The Morgan fingerprint density at radius 3 is 2.16 bits per heavy atom. The molecule has 0 bridgehead atoms. The van der Waals surface area contributed by atoms with E-state index in [2.05, 4.69) is 113 Å². The second-order valence-electron chi connectivity index (χ2n) is 13.5. The number of hydrogen-bond donors (Lipinski definition) is 0. The topological polar surface area (TPSA) is 33.9 Å². The molecule has 1 aliphatic carbocycles. The van der Waals surface area contributed by atoms with Crippen LogP contribution in [0.3, 0.4) is 0 Å². The van der Waals surface area contributed by atoms with Gasteiger partial charge in [0.25, 0.3) is 0 Å². The molecule has 2 heterocycles. The van der Waals surface area contributed by atoms with Crippen LogP contribution in [0.5, 0.6) is 11.5 Å². The summed E-state index contributed by atoms with van der Waals surface area (Å²) >= 11 is 7.20. The van der Waals surface area contributed by atoms with Gasteiger partial charge in [0.1, 0.15) is 24.3 Å². The highest BCUT2D eigenvalue weighted by Gasteiger charge is 2.46. The van der Waals surface area contributed by atoms with Gasteiger partial charge in [0, 0.05) is 40.5 Å². The van der Waals surface area contributed by atoms with E-state index in [1.54, 1.807) is 21.3 Å². The lowest BCUT2D eigenvalue weighted by Crippen LogP contribution is -2.35. The first-order chi connectivity index (χ1) is 21.3. The fraction of sp³-hybridized carbons (Fsp3) is 0.462. The SMILES string of the molecule is CC[N+]1=C(/C=C/C2=C(Cl)C(=C/C=C3\N(C(C)OC)c4c(C)cc(OC)cc4C3(C)C)/CCC2)C(C)(C)c2cc(OC)cc(C)c21. The molecule has 5 nitrogen and oxygen atoms in total. The van der Waals surface area contributed by atoms with Gasteiger partial charge in [-0.25, -0.2) is 0 Å². The smallest absolute Gasteiger partial charge is 0.212 e. The molecule has 1 atom stereocenters. The summed E-state index contributed by atoms with van der Waals surface area (Å²) in [6.45, 7) is 18.7. The number of fused-ring (bicyclic) bond motifs is 2. The van der Waals surface area contributed by atoms with Crippen molar-refractivity contribution < 1.29 is 18.8 Å². The van der Waals surface area contributed by atoms with Crippen molar-refractivity contribution in [2.45, 2.75) is 91.7 Å². The highest BCUT2D eigenvalue weighted by atomic mass is 35.5. The summed E-state index contributed by atoms with van der Waals surface area (Å²) in [5.41, 5.74) is 11.9. The summed E-state index contributed by atoms with van der Waals surface area (Å²) < 4.78 is 19.6. The monoisotopic (exact) mass is 629 g/mol. The Morgan fingerprint density at radius 2 is 1.53 bits per heavy atom. The van der Waals surface area contributed by atoms with E-state index in [9.17, 15) is 0 Å². The Labute approximate surface area is 275 Å². The Kier molecular flexibility index (Phi) is 9.19. The summed E-state index contributed by atoms with van der Waals surface area (Å²) in [6, 6.07) is 8.60. The van der Waals surface area contributed by atoms with Gasteiger partial charge in [0.15, 0.2) is 5.71 Å². The fourth-order valence-corrected chi connectivity index (χ4v) is 7.80. The maximum Gasteiger partial charge on any atom is 0.212 e. The zero-order chi connectivity index (χ0) is 32.8. The first-order valence-corrected chi connectivity index (χ1v) is 16.5. The summed E-state index contributed by atoms with van der Waals surface area (Å²) in [5, 5.41) is 0.863. The summed E-state index contributed by atoms with van der Waals surface area (Å²) in [4.78, 5) is 2.33. The lowest BCUT2D eigenvalue weighted by Gasteiger charge is -2.31. The van der Waals surface area contributed by atoms with Gasteiger partial charge in [-0.1, -0.05) is 37.6 Å². The summed E-state index contributed by atoms with van der Waals surface area (Å²) in [6.07, 6.45) is 11.9. The molecule has 0 saturated carbocycles. The van der Waals surface area contributed by atoms with Gasteiger partial charge in [-0.2, -0.15) is 4.58 Å². The molecule has 0 spiro atoms. The number of aryl methyl sites for hydroxylation is 2. The predicted molar refractivity (Wildman–Crippen MR) is 188 cm³/mol. The van der Waals surface area contributed by atoms with Crippen LogP contribution in [-0.4, -0.2) is 44.4 Å². The van der Waals surface area contributed by atoms with Crippen molar-refractivity contribution in [1.82, 2.24) is 0 Å². The van der Waals surface area contributed by atoms with Crippen molar-refractivity contribution in [3.63, 3.8) is 0 Å². The molecule has 240 valence electrons. The molecule has 6 heteroatoms. The van der Waals surface area contributed by atoms with Crippen LogP contribution in [0.1, 0.15) is 83.1 Å². The Hall–Kier alpha value is -3.28. The molecular formula is C39H50ClN2O3+. The van der Waals surface area contributed by atoms with E-state index in [0.717, 1.165) is 42.3 Å². The maximum absolute atomic E-state index is 7.20. The van der Waals surface area contributed by atoms with Crippen molar-refractivity contribution in [1.29, 1.82) is 0 Å². The van der Waals surface area contributed by atoms with Crippen LogP contribution in [0.15, 0.2) is 70.4 Å². The number of benzene rings is 2. The number of anilines is 1. The second-order valence-corrected chi connectivity index (χ2v) is 13.9. The third-order valence-electron chi connectivity index (χ3n) is 10.1. The van der Waals surface area contributed by atoms with E-state index in [1.165, 1.54) is 56.2 Å². The highest BCUT2D eigenvalue weighted by molar-refractivity contribution is 6.32. The van der Waals surface area contributed by atoms with Gasteiger partial charge in [-0.3, -0.25) is 0 Å². The first-order valence-electron chi connectivity index (χ1n) is 16.1. The number of methoxy groups -OCH3 is 3. The lowest BCUT2D eigenvalue weighted by atomic mass is 9.80. The number of allylic oxidation sites excluding steroid dienone is 8. The van der Waals surface area contributed by atoms with E-state index in [-0.39, 0.29) is 17.1 Å². The van der Waals surface area contributed by atoms with E-state index in [4.69, 9.17) is 25.8 Å². The number of rotatable bonds is 8. The van der Waals surface area contributed by atoms with E-state index < -0.39 is 0 Å². The fourth-order valence-electron chi connectivity index (χ4n) is 7.48. The van der Waals surface area contributed by atoms with Crippen LogP contribution >= 0.6 is 11.6 Å². The number of ether oxygens (including phenoxy) is 3. The molecule has 2 aromatic carbocycles. The van der Waals surface area contributed by atoms with Crippen LogP contribution in [0.25, 0.3) is 0 Å². The predicted octanol–water partition coefficient (Wildman–Crippen LogP) is 9.55. The molecule has 5 rings (SSSR count). The van der Waals surface area contributed by atoms with Gasteiger partial charge in [-0.15, -0.1) is 0 Å². The zero-order valence-corrected chi connectivity index (χ0v) is 29.8. The average Bonchev–Trinajstić information content (AvgIpc) is 3.38. The molecule has 3 aliphatic rings. The van der Waals surface area contributed by atoms with Crippen molar-refractivity contribution in [3.05, 3.63) is 92.7 Å². The minimum Gasteiger partial charge on any atom is -0.497 e. The maximum atomic E-state index is 7.20. The van der Waals surface area contributed by atoms with Gasteiger partial charge < -0.3 is 19.1 Å². The molecule has 0 radical (unpaired) electrons. The normalized spacial score (nSPS) is 21.3. The number of hydrogen-bond acceptors (Lipinski definition) is 4. The Morgan fingerprint density at radius 1 is 0.889 bits per heavy atom. The van der Waals surface area contributed by atoms with Crippen LogP contribution in [0.4, 0.5) is 11.4 Å². The van der Waals surface area contributed by atoms with Gasteiger partial charge in [-0.05, 0) is 113 Å². The third kappa shape index (κ3) is 5.57. The van der Waals surface area contributed by atoms with Crippen LogP contribution in [0, 0.1) is 13.8 Å². The van der Waals surface area contributed by atoms with Crippen LogP contribution < -0.4 is 14.4 Å². The van der Waals surface area contributed by atoms with Crippen molar-refractivity contribution >= 4 is 28.7 Å². The molecular weight excluding hydrogens is 580 g/mol. The van der Waals surface area contributed by atoms with Crippen LogP contribution in [0.2, 0.25) is 0 Å². The summed E-state index contributed by atoms with van der Waals surface area (Å²) in [7, 11) is 5.24. The lowest BCUT2D eigenvalue weighted by molar-refractivity contribution is -0.433. The Bertz CT molecular complexity index is 1670. The molecule has 1 unspecified atom stereocenters. The molecule has 45 heavy (non-hydrogen) atoms. The molecule has 2 aromatic rings. The largest absolute Gasteiger partial charge is 0.497 e. The first kappa shape index (κ1) is 33.1. The average molecular weight is 630 g/mol. The van der Waals surface area contributed by atoms with Gasteiger partial charge >= 0.3 is 0 Å². The van der Waals surface area contributed by atoms with Crippen molar-refractivity contribution in [2.75, 3.05) is 32.8 Å². The number of nitrogens with zero attached hydrogens (tertiary/aromatic N) is 2. The standard InChI is InChI=1S/C39H50ClN2O3/c1-12-41-33(38(5,6)31-22-29(44-10)20-24(2)36(31)41)18-16-27-14-13-15-28(35(27)40)17-19-34-39(7,8)32-23-30(45-11)21-25(3)37(32)42(34)26(4)43-9/h16-23,26H,12-15H2,1-11H3/q+1. The molecule has 0 N–H and O–H groups in total. The zero-order valence-electron chi connectivity index (χ0n) is 29.0. The molecule has 0 fully saturated rings. The van der Waals surface area contributed by atoms with E-state index >= 15 is 0 Å². The quantitative estimate of drug-likeness (QED) is 0.272. The molecule has 2 aliphatic heterocycles. The minimum absolute atomic E-state index is 0.126. The van der Waals surface area contributed by atoms with Gasteiger partial charge in [0.05, 0.1) is 25.3 Å². The molecule has 0 aromatic heterocycles. The summed E-state index contributed by atoms with van der Waals surface area (Å²) in [5.74, 6) is 1.78. The van der Waals surface area contributed by atoms with Crippen LogP contribution in [-0.2, 0) is 15.6 Å². The minimum atomic E-state index is -0.240. The van der Waals surface area contributed by atoms with Crippen molar-refractivity contribution in [2.24, 2.45) is 0 Å². The third-order valence-corrected chi connectivity index (χ3v) is 10.6. The van der Waals surface area contributed by atoms with E-state index in [1.807, 2.05) is 0 Å². The highest BCUT2D eigenvalue weighted by Crippen LogP contribution is 2.52. The second kappa shape index (κ2) is 12.5.